The van der Waals surface area contributed by atoms with Crippen molar-refractivity contribution >= 4 is 44.5 Å². The highest BCUT2D eigenvalue weighted by molar-refractivity contribution is 7.93. The zero-order chi connectivity index (χ0) is 15.6. The second-order valence-electron chi connectivity index (χ2n) is 4.19. The molecule has 0 fully saturated rings. The number of nitrogens with two attached hydrogens (primary N) is 1. The van der Waals surface area contributed by atoms with Crippen molar-refractivity contribution in [1.82, 2.24) is 4.98 Å². The molecule has 0 amide bonds. The molecule has 0 aliphatic heterocycles. The molecule has 0 aliphatic rings. The molecule has 8 heteroatoms. The molecular formula is C13H12ClN3O2S2. The Labute approximate surface area is 133 Å². The Morgan fingerprint density at radius 3 is 2.43 bits per heavy atom. The third-order valence-electron chi connectivity index (χ3n) is 2.88. The molecule has 2 rings (SSSR count). The summed E-state index contributed by atoms with van der Waals surface area (Å²) < 4.78 is 26.3. The van der Waals surface area contributed by atoms with Crippen LogP contribution in [0.4, 0.5) is 5.69 Å². The van der Waals surface area contributed by atoms with Gasteiger partial charge in [0.2, 0.25) is 0 Å². The first-order valence-electron chi connectivity index (χ1n) is 5.82. The second-order valence-corrected chi connectivity index (χ2v) is 6.97. The van der Waals surface area contributed by atoms with Gasteiger partial charge in [-0.05, 0) is 24.3 Å². The third kappa shape index (κ3) is 3.15. The van der Waals surface area contributed by atoms with Gasteiger partial charge in [0.15, 0.2) is 0 Å². The van der Waals surface area contributed by atoms with E-state index in [1.807, 2.05) is 0 Å². The molecule has 5 nitrogen and oxygen atoms in total. The molecule has 0 saturated heterocycles. The van der Waals surface area contributed by atoms with Crippen LogP contribution >= 0.6 is 23.8 Å². The summed E-state index contributed by atoms with van der Waals surface area (Å²) in [5.74, 6) is 0. The van der Waals surface area contributed by atoms with Crippen molar-refractivity contribution in [2.24, 2.45) is 5.73 Å². The summed E-state index contributed by atoms with van der Waals surface area (Å²) in [5.41, 5.74) is 6.50. The van der Waals surface area contributed by atoms with Gasteiger partial charge in [0.05, 0.1) is 10.7 Å². The zero-order valence-corrected chi connectivity index (χ0v) is 13.4. The van der Waals surface area contributed by atoms with Crippen LogP contribution in [0.3, 0.4) is 0 Å². The van der Waals surface area contributed by atoms with Crippen LogP contribution in [0.5, 0.6) is 0 Å². The Balaban J connectivity index is 2.47. The largest absolute Gasteiger partial charge is 0.389 e. The predicted octanol–water partition coefficient (Wildman–Crippen LogP) is 2.19. The van der Waals surface area contributed by atoms with E-state index in [0.717, 1.165) is 4.31 Å². The maximum atomic E-state index is 12.6. The van der Waals surface area contributed by atoms with Crippen LogP contribution in [-0.4, -0.2) is 25.4 Å². The fraction of sp³-hybridized carbons (Fsp3) is 0.0769. The maximum absolute atomic E-state index is 12.6. The number of nitrogens with zero attached hydrogens (tertiary/aromatic N) is 2. The summed E-state index contributed by atoms with van der Waals surface area (Å²) in [6, 6.07) is 7.55. The molecule has 1 aromatic heterocycles. The van der Waals surface area contributed by atoms with Gasteiger partial charge in [0.25, 0.3) is 10.0 Å². The molecule has 0 spiro atoms. The van der Waals surface area contributed by atoms with E-state index >= 15 is 0 Å². The number of aromatic nitrogens is 1. The highest BCUT2D eigenvalue weighted by atomic mass is 35.5. The highest BCUT2D eigenvalue weighted by Crippen LogP contribution is 2.27. The van der Waals surface area contributed by atoms with Crippen LogP contribution in [0.25, 0.3) is 0 Å². The van der Waals surface area contributed by atoms with Gasteiger partial charge in [-0.1, -0.05) is 29.9 Å². The van der Waals surface area contributed by atoms with Gasteiger partial charge < -0.3 is 5.73 Å². The number of pyridine rings is 1. The predicted molar refractivity (Wildman–Crippen MR) is 87.2 cm³/mol. The van der Waals surface area contributed by atoms with Crippen molar-refractivity contribution < 1.29 is 8.42 Å². The Kier molecular flexibility index (Phi) is 4.46. The van der Waals surface area contributed by atoms with E-state index in [2.05, 4.69) is 4.98 Å². The monoisotopic (exact) mass is 341 g/mol. The Morgan fingerprint density at radius 1 is 1.29 bits per heavy atom. The molecule has 1 aromatic carbocycles. The number of anilines is 1. The minimum Gasteiger partial charge on any atom is -0.389 e. The fourth-order valence-corrected chi connectivity index (χ4v) is 3.54. The lowest BCUT2D eigenvalue weighted by Gasteiger charge is -2.20. The first kappa shape index (κ1) is 15.7. The lowest BCUT2D eigenvalue weighted by atomic mass is 10.2. The van der Waals surface area contributed by atoms with E-state index in [1.165, 1.54) is 37.6 Å². The first-order valence-corrected chi connectivity index (χ1v) is 8.05. The molecule has 1 heterocycles. The van der Waals surface area contributed by atoms with Gasteiger partial charge in [-0.15, -0.1) is 0 Å². The van der Waals surface area contributed by atoms with Gasteiger partial charge in [0.1, 0.15) is 9.88 Å². The van der Waals surface area contributed by atoms with Gasteiger partial charge in [-0.25, -0.2) is 8.42 Å². The van der Waals surface area contributed by atoms with Crippen molar-refractivity contribution in [2.45, 2.75) is 4.90 Å². The smallest absolute Gasteiger partial charge is 0.265 e. The third-order valence-corrected chi connectivity index (χ3v) is 5.39. The number of thiocarbonyl (C=S) groups is 1. The van der Waals surface area contributed by atoms with Crippen molar-refractivity contribution in [3.8, 4) is 0 Å². The van der Waals surface area contributed by atoms with E-state index in [4.69, 9.17) is 29.6 Å². The molecule has 0 atom stereocenters. The van der Waals surface area contributed by atoms with Crippen molar-refractivity contribution in [3.05, 3.63) is 53.3 Å². The zero-order valence-electron chi connectivity index (χ0n) is 11.0. The maximum Gasteiger partial charge on any atom is 0.265 e. The SMILES string of the molecule is CN(c1ccncc1)S(=O)(=O)c1ccc(C(N)=S)cc1Cl. The van der Waals surface area contributed by atoms with Crippen LogP contribution in [0, 0.1) is 0 Å². The molecule has 2 N–H and O–H groups in total. The van der Waals surface area contributed by atoms with Crippen LogP contribution < -0.4 is 10.0 Å². The molecule has 0 saturated carbocycles. The van der Waals surface area contributed by atoms with E-state index in [9.17, 15) is 8.42 Å². The number of halogens is 1. The lowest BCUT2D eigenvalue weighted by molar-refractivity contribution is 0.594. The normalized spacial score (nSPS) is 11.1. The molecule has 110 valence electrons. The Hall–Kier alpha value is -1.70. The first-order chi connectivity index (χ1) is 9.84. The second kappa shape index (κ2) is 5.97. The summed E-state index contributed by atoms with van der Waals surface area (Å²) in [7, 11) is -2.33. The standard InChI is InChI=1S/C13H12ClN3O2S2/c1-17(10-4-6-16-7-5-10)21(18,19)12-3-2-9(13(15)20)8-11(12)14/h2-8H,1H3,(H2,15,20). The molecule has 0 bridgehead atoms. The van der Waals surface area contributed by atoms with E-state index in [-0.39, 0.29) is 14.9 Å². The summed E-state index contributed by atoms with van der Waals surface area (Å²) in [4.78, 5) is 4.00. The molecule has 0 unspecified atom stereocenters. The minimum atomic E-state index is -3.78. The Bertz CT molecular complexity index is 779. The number of rotatable bonds is 4. The topological polar surface area (TPSA) is 76.3 Å². The van der Waals surface area contributed by atoms with Crippen molar-refractivity contribution in [3.63, 3.8) is 0 Å². The average molecular weight is 342 g/mol. The van der Waals surface area contributed by atoms with Crippen LogP contribution in [-0.2, 0) is 10.0 Å². The quantitative estimate of drug-likeness (QED) is 0.863. The molecule has 2 aromatic rings. The van der Waals surface area contributed by atoms with Crippen LogP contribution in [0.15, 0.2) is 47.6 Å². The summed E-state index contributed by atoms with van der Waals surface area (Å²) in [6.07, 6.45) is 3.03. The number of benzene rings is 1. The van der Waals surface area contributed by atoms with Crippen molar-refractivity contribution in [2.75, 3.05) is 11.4 Å². The van der Waals surface area contributed by atoms with E-state index < -0.39 is 10.0 Å². The van der Waals surface area contributed by atoms with E-state index in [0.29, 0.717) is 11.3 Å². The summed E-state index contributed by atoms with van der Waals surface area (Å²) in [6.45, 7) is 0. The van der Waals surface area contributed by atoms with Gasteiger partial charge in [-0.3, -0.25) is 9.29 Å². The molecule has 0 aliphatic carbocycles. The lowest BCUT2D eigenvalue weighted by Crippen LogP contribution is -2.27. The molecule has 0 radical (unpaired) electrons. The van der Waals surface area contributed by atoms with E-state index in [1.54, 1.807) is 12.1 Å². The van der Waals surface area contributed by atoms with Crippen LogP contribution in [0.1, 0.15) is 5.56 Å². The van der Waals surface area contributed by atoms with Crippen molar-refractivity contribution in [1.29, 1.82) is 0 Å². The molecule has 21 heavy (non-hydrogen) atoms. The fourth-order valence-electron chi connectivity index (χ4n) is 1.70. The molecular weight excluding hydrogens is 330 g/mol. The Morgan fingerprint density at radius 2 is 1.90 bits per heavy atom. The summed E-state index contributed by atoms with van der Waals surface area (Å²) in [5, 5.41) is 0.0706. The summed E-state index contributed by atoms with van der Waals surface area (Å²) >= 11 is 10.9. The van der Waals surface area contributed by atoms with Crippen LogP contribution in [0.2, 0.25) is 5.02 Å². The van der Waals surface area contributed by atoms with Gasteiger partial charge in [-0.2, -0.15) is 0 Å². The highest BCUT2D eigenvalue weighted by Gasteiger charge is 2.24. The number of hydrogen-bond acceptors (Lipinski definition) is 4. The van der Waals surface area contributed by atoms with Gasteiger partial charge in [0, 0.05) is 25.0 Å². The average Bonchev–Trinajstić information content (AvgIpc) is 2.46. The van der Waals surface area contributed by atoms with Gasteiger partial charge >= 0.3 is 0 Å². The number of hydrogen-bond donors (Lipinski definition) is 1. The number of sulfonamides is 1. The minimum absolute atomic E-state index is 0.0107.